The Kier molecular flexibility index (Phi) is 7.65. The number of aryl methyl sites for hydroxylation is 1. The Labute approximate surface area is 177 Å². The third kappa shape index (κ3) is 6.47. The fourth-order valence-electron chi connectivity index (χ4n) is 3.34. The molecule has 1 aliphatic heterocycles. The molecule has 0 saturated heterocycles. The van der Waals surface area contributed by atoms with Crippen LogP contribution in [0, 0.1) is 0 Å². The molecule has 0 saturated carbocycles. The van der Waals surface area contributed by atoms with Crippen LogP contribution in [0.25, 0.3) is 0 Å². The lowest BCUT2D eigenvalue weighted by Gasteiger charge is -2.22. The van der Waals surface area contributed by atoms with Crippen molar-refractivity contribution in [2.24, 2.45) is 0 Å². The molecule has 0 unspecified atom stereocenters. The molecule has 3 rings (SSSR count). The van der Waals surface area contributed by atoms with Crippen molar-refractivity contribution in [3.63, 3.8) is 0 Å². The van der Waals surface area contributed by atoms with Crippen molar-refractivity contribution in [1.29, 1.82) is 0 Å². The molecule has 0 atom stereocenters. The van der Waals surface area contributed by atoms with Gasteiger partial charge < -0.3 is 20.3 Å². The van der Waals surface area contributed by atoms with Crippen molar-refractivity contribution in [2.75, 3.05) is 19.7 Å². The minimum absolute atomic E-state index is 0.0232. The van der Waals surface area contributed by atoms with Crippen LogP contribution in [0.2, 0.25) is 0 Å². The number of ether oxygens (including phenoxy) is 1. The molecule has 2 aromatic rings. The van der Waals surface area contributed by atoms with Crippen LogP contribution in [-0.4, -0.2) is 47.6 Å². The summed E-state index contributed by atoms with van der Waals surface area (Å²) in [7, 11) is 0. The van der Waals surface area contributed by atoms with Gasteiger partial charge in [0.2, 0.25) is 5.91 Å². The van der Waals surface area contributed by atoms with Crippen molar-refractivity contribution in [2.45, 2.75) is 45.7 Å². The number of nitrogens with zero attached hydrogens (tertiary/aromatic N) is 2. The molecule has 3 amide bonds. The first kappa shape index (κ1) is 21.6. The molecule has 7 heteroatoms. The number of pyridine rings is 1. The van der Waals surface area contributed by atoms with E-state index < -0.39 is 0 Å². The maximum Gasteiger partial charge on any atom is 0.318 e. The van der Waals surface area contributed by atoms with Crippen LogP contribution in [0.1, 0.15) is 37.1 Å². The third-order valence-corrected chi connectivity index (χ3v) is 4.87. The van der Waals surface area contributed by atoms with E-state index in [0.717, 1.165) is 29.0 Å². The lowest BCUT2D eigenvalue weighted by molar-refractivity contribution is -0.121. The minimum Gasteiger partial charge on any atom is -0.491 e. The molecule has 160 valence electrons. The van der Waals surface area contributed by atoms with Gasteiger partial charge in [-0.25, -0.2) is 4.79 Å². The predicted molar refractivity (Wildman–Crippen MR) is 115 cm³/mol. The third-order valence-electron chi connectivity index (χ3n) is 4.87. The number of carbonyl (C=O) groups is 2. The quantitative estimate of drug-likeness (QED) is 0.735. The summed E-state index contributed by atoms with van der Waals surface area (Å²) in [6.07, 6.45) is 3.53. The van der Waals surface area contributed by atoms with Crippen molar-refractivity contribution in [3.05, 3.63) is 59.4 Å². The first-order chi connectivity index (χ1) is 14.5. The maximum atomic E-state index is 12.4. The number of benzene rings is 1. The van der Waals surface area contributed by atoms with Crippen molar-refractivity contribution >= 4 is 11.9 Å². The largest absolute Gasteiger partial charge is 0.491 e. The number of fused-ring (bicyclic) bond motifs is 1. The zero-order valence-electron chi connectivity index (χ0n) is 17.7. The second kappa shape index (κ2) is 10.6. The predicted octanol–water partition coefficient (Wildman–Crippen LogP) is 2.69. The second-order valence-corrected chi connectivity index (χ2v) is 7.74. The molecule has 30 heavy (non-hydrogen) atoms. The van der Waals surface area contributed by atoms with Crippen LogP contribution in [-0.2, 0) is 24.2 Å². The average molecular weight is 411 g/mol. The van der Waals surface area contributed by atoms with Gasteiger partial charge >= 0.3 is 6.03 Å². The molecule has 1 aliphatic rings. The number of nitrogens with one attached hydrogen (secondary N) is 2. The number of rotatable bonds is 7. The molecule has 2 N–H and O–H groups in total. The molecule has 0 radical (unpaired) electrons. The lowest BCUT2D eigenvalue weighted by atomic mass is 10.0. The van der Waals surface area contributed by atoms with E-state index in [-0.39, 0.29) is 18.0 Å². The Morgan fingerprint density at radius 2 is 2.07 bits per heavy atom. The highest BCUT2D eigenvalue weighted by molar-refractivity contribution is 5.76. The van der Waals surface area contributed by atoms with Crippen molar-refractivity contribution in [1.82, 2.24) is 20.5 Å². The van der Waals surface area contributed by atoms with E-state index in [0.29, 0.717) is 39.1 Å². The first-order valence-corrected chi connectivity index (χ1v) is 10.5. The molecular weight excluding hydrogens is 380 g/mol. The Bertz CT molecular complexity index is 855. The molecular formula is C23H30N4O3. The lowest BCUT2D eigenvalue weighted by Crippen LogP contribution is -2.43. The van der Waals surface area contributed by atoms with E-state index in [1.54, 1.807) is 11.1 Å². The second-order valence-electron chi connectivity index (χ2n) is 7.74. The number of carbonyl (C=O) groups excluding carboxylic acids is 2. The summed E-state index contributed by atoms with van der Waals surface area (Å²) in [5.41, 5.74) is 3.00. The van der Waals surface area contributed by atoms with Gasteiger partial charge in [0.1, 0.15) is 12.4 Å². The number of amides is 3. The Morgan fingerprint density at radius 1 is 1.20 bits per heavy atom. The zero-order valence-corrected chi connectivity index (χ0v) is 17.7. The Morgan fingerprint density at radius 3 is 2.83 bits per heavy atom. The van der Waals surface area contributed by atoms with Gasteiger partial charge in [-0.3, -0.25) is 9.78 Å². The van der Waals surface area contributed by atoms with Crippen LogP contribution in [0.15, 0.2) is 42.6 Å². The van der Waals surface area contributed by atoms with Crippen LogP contribution in [0.4, 0.5) is 4.79 Å². The van der Waals surface area contributed by atoms with Gasteiger partial charge in [-0.2, -0.15) is 0 Å². The average Bonchev–Trinajstić information content (AvgIpc) is 2.94. The number of hydrogen-bond acceptors (Lipinski definition) is 4. The summed E-state index contributed by atoms with van der Waals surface area (Å²) < 4.78 is 5.80. The van der Waals surface area contributed by atoms with Gasteiger partial charge in [0.05, 0.1) is 13.1 Å². The van der Waals surface area contributed by atoms with E-state index in [1.807, 2.05) is 50.2 Å². The summed E-state index contributed by atoms with van der Waals surface area (Å²) >= 11 is 0. The van der Waals surface area contributed by atoms with E-state index in [4.69, 9.17) is 4.74 Å². The SMILES string of the molecule is CC(C)NC(=O)N1CCOc2ccc(CCC(=O)NCCc3ccccn3)cc2C1. The first-order valence-electron chi connectivity index (χ1n) is 10.5. The summed E-state index contributed by atoms with van der Waals surface area (Å²) in [5, 5.41) is 5.88. The highest BCUT2D eigenvalue weighted by atomic mass is 16.5. The van der Waals surface area contributed by atoms with Crippen LogP contribution in [0.3, 0.4) is 0 Å². The summed E-state index contributed by atoms with van der Waals surface area (Å²) in [6, 6.07) is 11.7. The van der Waals surface area contributed by atoms with Gasteiger partial charge in [-0.15, -0.1) is 0 Å². The van der Waals surface area contributed by atoms with Gasteiger partial charge in [0.25, 0.3) is 0 Å². The van der Waals surface area contributed by atoms with Gasteiger partial charge in [-0.1, -0.05) is 18.2 Å². The molecule has 1 aromatic heterocycles. The normalized spacial score (nSPS) is 13.2. The van der Waals surface area contributed by atoms with Gasteiger partial charge in [0, 0.05) is 42.9 Å². The highest BCUT2D eigenvalue weighted by Crippen LogP contribution is 2.25. The summed E-state index contributed by atoms with van der Waals surface area (Å²) in [5.74, 6) is 0.827. The number of hydrogen-bond donors (Lipinski definition) is 2. The van der Waals surface area contributed by atoms with E-state index >= 15 is 0 Å². The molecule has 2 heterocycles. The molecule has 7 nitrogen and oxygen atoms in total. The standard InChI is InChI=1S/C23H30N4O3/c1-17(2)26-23(29)27-13-14-30-21-8-6-18(15-19(21)16-27)7-9-22(28)25-12-10-20-5-3-4-11-24-20/h3-6,8,11,15,17H,7,9-10,12-14,16H2,1-2H3,(H,25,28)(H,26,29). The number of urea groups is 1. The highest BCUT2D eigenvalue weighted by Gasteiger charge is 2.20. The van der Waals surface area contributed by atoms with Crippen LogP contribution < -0.4 is 15.4 Å². The van der Waals surface area contributed by atoms with Gasteiger partial charge in [0.15, 0.2) is 0 Å². The Balaban J connectivity index is 1.51. The number of aromatic nitrogens is 1. The fourth-order valence-corrected chi connectivity index (χ4v) is 3.34. The molecule has 0 aliphatic carbocycles. The van der Waals surface area contributed by atoms with E-state index in [9.17, 15) is 9.59 Å². The molecule has 0 bridgehead atoms. The monoisotopic (exact) mass is 410 g/mol. The maximum absolute atomic E-state index is 12.4. The van der Waals surface area contributed by atoms with Gasteiger partial charge in [-0.05, 0) is 44.0 Å². The molecule has 0 fully saturated rings. The summed E-state index contributed by atoms with van der Waals surface area (Å²) in [4.78, 5) is 30.6. The zero-order chi connectivity index (χ0) is 21.3. The van der Waals surface area contributed by atoms with E-state index in [2.05, 4.69) is 15.6 Å². The molecule has 0 spiro atoms. The minimum atomic E-state index is -0.0841. The van der Waals surface area contributed by atoms with Crippen molar-refractivity contribution in [3.8, 4) is 5.75 Å². The summed E-state index contributed by atoms with van der Waals surface area (Å²) in [6.45, 7) is 5.98. The van der Waals surface area contributed by atoms with Crippen LogP contribution in [0.5, 0.6) is 5.75 Å². The topological polar surface area (TPSA) is 83.6 Å². The van der Waals surface area contributed by atoms with Crippen LogP contribution >= 0.6 is 0 Å². The van der Waals surface area contributed by atoms with Crippen molar-refractivity contribution < 1.29 is 14.3 Å². The van der Waals surface area contributed by atoms with E-state index in [1.165, 1.54) is 0 Å². The Hall–Kier alpha value is -3.09. The molecule has 1 aromatic carbocycles. The fraction of sp³-hybridized carbons (Fsp3) is 0.435. The smallest absolute Gasteiger partial charge is 0.318 e.